The lowest BCUT2D eigenvalue weighted by molar-refractivity contribution is -0.390. The van der Waals surface area contributed by atoms with Crippen molar-refractivity contribution >= 4 is 5.97 Å². The van der Waals surface area contributed by atoms with E-state index >= 15 is 0 Å². The van der Waals surface area contributed by atoms with Gasteiger partial charge in [-0.15, -0.1) is 0 Å². The molecule has 0 aromatic carbocycles. The molecule has 0 aliphatic rings. The molecular formula is C6H3F9O2. The van der Waals surface area contributed by atoms with Crippen molar-refractivity contribution in [1.82, 2.24) is 0 Å². The van der Waals surface area contributed by atoms with Gasteiger partial charge in [0.05, 0.1) is 7.11 Å². The molecule has 0 saturated heterocycles. The van der Waals surface area contributed by atoms with E-state index in [0.717, 1.165) is 0 Å². The summed E-state index contributed by atoms with van der Waals surface area (Å²) in [5, 5.41) is 0. The van der Waals surface area contributed by atoms with E-state index in [-0.39, 0.29) is 7.11 Å². The minimum atomic E-state index is -7.04. The van der Waals surface area contributed by atoms with Gasteiger partial charge in [-0.3, -0.25) is 0 Å². The van der Waals surface area contributed by atoms with Crippen molar-refractivity contribution < 1.29 is 49.0 Å². The van der Waals surface area contributed by atoms with Gasteiger partial charge in [-0.05, 0) is 0 Å². The minimum Gasteiger partial charge on any atom is -0.464 e. The van der Waals surface area contributed by atoms with Crippen LogP contribution in [0.3, 0.4) is 0 Å². The van der Waals surface area contributed by atoms with E-state index in [1.54, 1.807) is 0 Å². The highest BCUT2D eigenvalue weighted by Gasteiger charge is 2.87. The Kier molecular flexibility index (Phi) is 3.68. The highest BCUT2D eigenvalue weighted by Crippen LogP contribution is 2.54. The zero-order valence-corrected chi connectivity index (χ0v) is 7.72. The van der Waals surface area contributed by atoms with E-state index in [2.05, 4.69) is 4.74 Å². The summed E-state index contributed by atoms with van der Waals surface area (Å²) in [7, 11) is 0.0867. The molecule has 0 rings (SSSR count). The standard InChI is InChI=1S/C6H3F9O2/c1-17-2(16)3(7,8)4(9,5(10,11)12)6(13,14)15/h1H3. The van der Waals surface area contributed by atoms with Gasteiger partial charge in [-0.1, -0.05) is 0 Å². The third kappa shape index (κ3) is 2.14. The fourth-order valence-electron chi connectivity index (χ4n) is 0.786. The Bertz CT molecular complexity index is 288. The third-order valence-electron chi connectivity index (χ3n) is 1.66. The number of halogens is 9. The van der Waals surface area contributed by atoms with E-state index in [1.807, 2.05) is 0 Å². The van der Waals surface area contributed by atoms with Gasteiger partial charge in [0.2, 0.25) is 0 Å². The van der Waals surface area contributed by atoms with Crippen LogP contribution in [0.15, 0.2) is 0 Å². The van der Waals surface area contributed by atoms with Crippen LogP contribution >= 0.6 is 0 Å². The summed E-state index contributed by atoms with van der Waals surface area (Å²) in [5.74, 6) is -9.73. The van der Waals surface area contributed by atoms with Crippen molar-refractivity contribution in [3.63, 3.8) is 0 Å². The number of hydrogen-bond donors (Lipinski definition) is 0. The zero-order chi connectivity index (χ0) is 14.3. The molecule has 0 aromatic rings. The Morgan fingerprint density at radius 3 is 1.29 bits per heavy atom. The number of alkyl halides is 9. The molecule has 0 saturated carbocycles. The van der Waals surface area contributed by atoms with Crippen molar-refractivity contribution in [2.45, 2.75) is 23.9 Å². The number of hydrogen-bond acceptors (Lipinski definition) is 2. The summed E-state index contributed by atoms with van der Waals surface area (Å²) in [6.07, 6.45) is -14.1. The molecule has 17 heavy (non-hydrogen) atoms. The van der Waals surface area contributed by atoms with E-state index in [9.17, 15) is 44.3 Å². The average molecular weight is 278 g/mol. The molecule has 0 unspecified atom stereocenters. The lowest BCUT2D eigenvalue weighted by atomic mass is 9.96. The molecule has 11 heteroatoms. The van der Waals surface area contributed by atoms with Crippen LogP contribution in [0.4, 0.5) is 39.5 Å². The number of rotatable bonds is 2. The molecule has 0 heterocycles. The quantitative estimate of drug-likeness (QED) is 0.573. The van der Waals surface area contributed by atoms with E-state index < -0.39 is 29.9 Å². The topological polar surface area (TPSA) is 26.3 Å². The first-order valence-corrected chi connectivity index (χ1v) is 3.52. The first kappa shape index (κ1) is 15.8. The summed E-state index contributed by atoms with van der Waals surface area (Å²) in [5.41, 5.74) is -7.01. The summed E-state index contributed by atoms with van der Waals surface area (Å²) in [6, 6.07) is 0. The second kappa shape index (κ2) is 3.95. The largest absolute Gasteiger partial charge is 0.464 e. The van der Waals surface area contributed by atoms with Crippen LogP contribution in [0.25, 0.3) is 0 Å². The van der Waals surface area contributed by atoms with E-state index in [0.29, 0.717) is 0 Å². The fraction of sp³-hybridized carbons (Fsp3) is 0.833. The van der Waals surface area contributed by atoms with Crippen LogP contribution in [-0.2, 0) is 9.53 Å². The maximum absolute atomic E-state index is 12.7. The lowest BCUT2D eigenvalue weighted by Gasteiger charge is -2.34. The molecule has 0 N–H and O–H groups in total. The van der Waals surface area contributed by atoms with Gasteiger partial charge in [0.15, 0.2) is 0 Å². The SMILES string of the molecule is COC(=O)C(F)(F)C(F)(C(F)(F)F)C(F)(F)F. The second-order valence-corrected chi connectivity index (χ2v) is 2.72. The van der Waals surface area contributed by atoms with Gasteiger partial charge < -0.3 is 4.74 Å². The number of carbonyl (C=O) groups is 1. The van der Waals surface area contributed by atoms with Crippen LogP contribution < -0.4 is 0 Å². The maximum atomic E-state index is 12.7. The van der Waals surface area contributed by atoms with Gasteiger partial charge in [0.25, 0.3) is 0 Å². The Hall–Kier alpha value is -1.16. The van der Waals surface area contributed by atoms with Crippen molar-refractivity contribution in [2.24, 2.45) is 0 Å². The van der Waals surface area contributed by atoms with Crippen molar-refractivity contribution in [2.75, 3.05) is 7.11 Å². The zero-order valence-electron chi connectivity index (χ0n) is 7.72. The Balaban J connectivity index is 5.93. The van der Waals surface area contributed by atoms with Gasteiger partial charge >= 0.3 is 29.9 Å². The van der Waals surface area contributed by atoms with Crippen LogP contribution in [0.5, 0.6) is 0 Å². The lowest BCUT2D eigenvalue weighted by Crippen LogP contribution is -2.67. The molecular weight excluding hydrogens is 275 g/mol. The molecule has 0 spiro atoms. The molecule has 0 fully saturated rings. The van der Waals surface area contributed by atoms with E-state index in [1.165, 1.54) is 0 Å². The smallest absolute Gasteiger partial charge is 0.438 e. The second-order valence-electron chi connectivity index (χ2n) is 2.72. The molecule has 2 nitrogen and oxygen atoms in total. The number of ether oxygens (including phenoxy) is 1. The van der Waals surface area contributed by atoms with Crippen molar-refractivity contribution in [3.8, 4) is 0 Å². The highest BCUT2D eigenvalue weighted by molar-refractivity contribution is 5.79. The summed E-state index contributed by atoms with van der Waals surface area (Å²) < 4.78 is 112. The van der Waals surface area contributed by atoms with Crippen LogP contribution in [-0.4, -0.2) is 37.0 Å². The molecule has 0 aliphatic heterocycles. The minimum absolute atomic E-state index is 0.0867. The normalized spacial score (nSPS) is 14.7. The van der Waals surface area contributed by atoms with Crippen LogP contribution in [0.1, 0.15) is 0 Å². The Labute approximate surface area is 87.3 Å². The van der Waals surface area contributed by atoms with Crippen molar-refractivity contribution in [1.29, 1.82) is 0 Å². The molecule has 0 bridgehead atoms. The first-order valence-electron chi connectivity index (χ1n) is 3.52. The van der Waals surface area contributed by atoms with Gasteiger partial charge in [0, 0.05) is 0 Å². The van der Waals surface area contributed by atoms with Gasteiger partial charge in [-0.25, -0.2) is 9.18 Å². The number of carbonyl (C=O) groups excluding carboxylic acids is 1. The monoisotopic (exact) mass is 278 g/mol. The van der Waals surface area contributed by atoms with Crippen molar-refractivity contribution in [3.05, 3.63) is 0 Å². The molecule has 0 amide bonds. The molecule has 0 radical (unpaired) electrons. The maximum Gasteiger partial charge on any atom is 0.438 e. The molecule has 102 valence electrons. The van der Waals surface area contributed by atoms with Crippen LogP contribution in [0, 0.1) is 0 Å². The highest BCUT2D eigenvalue weighted by atomic mass is 19.4. The summed E-state index contributed by atoms with van der Waals surface area (Å²) in [6.45, 7) is 0. The Morgan fingerprint density at radius 2 is 1.12 bits per heavy atom. The molecule has 0 atom stereocenters. The molecule has 0 aliphatic carbocycles. The number of methoxy groups -OCH3 is 1. The van der Waals surface area contributed by atoms with E-state index in [4.69, 9.17) is 0 Å². The Morgan fingerprint density at radius 1 is 0.824 bits per heavy atom. The average Bonchev–Trinajstić information content (AvgIpc) is 2.11. The third-order valence-corrected chi connectivity index (χ3v) is 1.66. The fourth-order valence-corrected chi connectivity index (χ4v) is 0.786. The summed E-state index contributed by atoms with van der Waals surface area (Å²) >= 11 is 0. The number of esters is 1. The van der Waals surface area contributed by atoms with Crippen LogP contribution in [0.2, 0.25) is 0 Å². The van der Waals surface area contributed by atoms with Gasteiger partial charge in [-0.2, -0.15) is 35.1 Å². The first-order chi connectivity index (χ1) is 7.23. The predicted molar refractivity (Wildman–Crippen MR) is 32.9 cm³/mol. The summed E-state index contributed by atoms with van der Waals surface area (Å²) in [4.78, 5) is 10.2. The van der Waals surface area contributed by atoms with Gasteiger partial charge in [0.1, 0.15) is 0 Å². The predicted octanol–water partition coefficient (Wildman–Crippen LogP) is 2.63. The molecule has 0 aromatic heterocycles.